The van der Waals surface area contributed by atoms with E-state index >= 15 is 0 Å². The molecule has 18 rings (SSSR count). The molecule has 2 aliphatic rings. The summed E-state index contributed by atoms with van der Waals surface area (Å²) in [6, 6.07) is 110. The van der Waals surface area contributed by atoms with Crippen LogP contribution in [0.2, 0.25) is 0 Å². The first kappa shape index (κ1) is 50.6. The summed E-state index contributed by atoms with van der Waals surface area (Å²) in [4.78, 5) is 0. The molecule has 0 saturated heterocycles. The Balaban J connectivity index is 0.686. The fraction of sp³-hybridized carbons (Fsp3) is 0.0682. The smallest absolute Gasteiger partial charge is 0.0159 e. The van der Waals surface area contributed by atoms with Gasteiger partial charge in [-0.3, -0.25) is 0 Å². The van der Waals surface area contributed by atoms with Crippen LogP contribution >= 0.6 is 0 Å². The van der Waals surface area contributed by atoms with Crippen molar-refractivity contribution in [3.05, 3.63) is 313 Å². The molecule has 0 heterocycles. The summed E-state index contributed by atoms with van der Waals surface area (Å²) in [6.45, 7) is 9.76. The van der Waals surface area contributed by atoms with Crippen LogP contribution in [0.5, 0.6) is 0 Å². The predicted octanol–water partition coefficient (Wildman–Crippen LogP) is 24.4. The normalized spacial score (nSPS) is 13.6. The zero-order valence-corrected chi connectivity index (χ0v) is 49.7. The van der Waals surface area contributed by atoms with Crippen LogP contribution in [-0.4, -0.2) is 0 Å². The first-order valence-corrected chi connectivity index (χ1v) is 31.1. The van der Waals surface area contributed by atoms with Crippen molar-refractivity contribution in [2.75, 3.05) is 0 Å². The molecule has 16 aromatic carbocycles. The zero-order chi connectivity index (χ0) is 58.6. The number of hydrogen-bond donors (Lipinski definition) is 0. The average Bonchev–Trinajstić information content (AvgIpc) is 0.734. The van der Waals surface area contributed by atoms with Crippen LogP contribution in [0.4, 0.5) is 0 Å². The topological polar surface area (TPSA) is 0 Å². The van der Waals surface area contributed by atoms with E-state index in [0.717, 1.165) is 0 Å². The predicted molar refractivity (Wildman–Crippen MR) is 377 cm³/mol. The van der Waals surface area contributed by atoms with E-state index in [1.807, 2.05) is 0 Å². The molecular formula is C88H60. The Hall–Kier alpha value is -10.7. The Labute approximate surface area is 513 Å². The molecule has 0 atom stereocenters. The minimum atomic E-state index is -0.238. The molecule has 0 heteroatoms. The van der Waals surface area contributed by atoms with Crippen LogP contribution in [0.15, 0.2) is 291 Å². The third-order valence-electron chi connectivity index (χ3n) is 20.4. The van der Waals surface area contributed by atoms with E-state index in [1.165, 1.54) is 187 Å². The Morgan fingerprint density at radius 1 is 0.182 bits per heavy atom. The van der Waals surface area contributed by atoms with Gasteiger partial charge in [0, 0.05) is 10.8 Å². The maximum atomic E-state index is 2.48. The van der Waals surface area contributed by atoms with Crippen molar-refractivity contribution in [1.29, 1.82) is 0 Å². The van der Waals surface area contributed by atoms with E-state index in [-0.39, 0.29) is 10.8 Å². The van der Waals surface area contributed by atoms with E-state index in [0.29, 0.717) is 0 Å². The lowest BCUT2D eigenvalue weighted by Gasteiger charge is -2.40. The molecule has 412 valence electrons. The molecule has 0 fully saturated rings. The Morgan fingerprint density at radius 3 is 0.784 bits per heavy atom. The number of rotatable bonds is 6. The summed E-state index contributed by atoms with van der Waals surface area (Å²) in [5.41, 5.74) is 25.4. The lowest BCUT2D eigenvalue weighted by Crippen LogP contribution is -2.28. The third kappa shape index (κ3) is 7.39. The van der Waals surface area contributed by atoms with Gasteiger partial charge in [0.15, 0.2) is 0 Å². The first-order valence-electron chi connectivity index (χ1n) is 31.1. The molecular weight excluding hydrogens is 1060 g/mol. The van der Waals surface area contributed by atoms with E-state index in [9.17, 15) is 0 Å². The van der Waals surface area contributed by atoms with Gasteiger partial charge in [-0.05, 0) is 211 Å². The van der Waals surface area contributed by atoms with Crippen molar-refractivity contribution >= 4 is 75.4 Å². The SMILES string of the molecule is CC1(C)c2cc(-c3ccc(-c4c5ccccc5c(-c5ccc6ccccc6c5)c5ccccc45)cc3)ccc2-c2ccc3c4c(ccc1c24)C(C)(C)c1cc(-c2ccc(-c4c5ccccc5c(-c5ccc6ccccc6c5)c5ccccc45)cc2)ccc1-3. The van der Waals surface area contributed by atoms with Crippen molar-refractivity contribution in [2.24, 2.45) is 0 Å². The second kappa shape index (κ2) is 18.9. The number of fused-ring (bicyclic) bond motifs is 10. The summed E-state index contributed by atoms with van der Waals surface area (Å²) >= 11 is 0. The minimum Gasteiger partial charge on any atom is -0.0616 e. The van der Waals surface area contributed by atoms with Crippen molar-refractivity contribution in [2.45, 2.75) is 38.5 Å². The van der Waals surface area contributed by atoms with Gasteiger partial charge in [0.2, 0.25) is 0 Å². The maximum absolute atomic E-state index is 2.48. The fourth-order valence-electron chi connectivity index (χ4n) is 16.1. The number of benzene rings is 16. The lowest BCUT2D eigenvalue weighted by atomic mass is 9.62. The second-order valence-corrected chi connectivity index (χ2v) is 25.8. The van der Waals surface area contributed by atoms with E-state index in [2.05, 4.69) is 319 Å². The summed E-state index contributed by atoms with van der Waals surface area (Å²) in [5.74, 6) is 0. The summed E-state index contributed by atoms with van der Waals surface area (Å²) in [6.07, 6.45) is 0. The van der Waals surface area contributed by atoms with Crippen molar-refractivity contribution in [1.82, 2.24) is 0 Å². The Bertz CT molecular complexity index is 5190. The zero-order valence-electron chi connectivity index (χ0n) is 49.7. The molecule has 88 heavy (non-hydrogen) atoms. The molecule has 0 N–H and O–H groups in total. The van der Waals surface area contributed by atoms with E-state index in [4.69, 9.17) is 0 Å². The molecule has 0 amide bonds. The molecule has 0 nitrogen and oxygen atoms in total. The molecule has 0 bridgehead atoms. The van der Waals surface area contributed by atoms with Gasteiger partial charge in [-0.2, -0.15) is 0 Å². The van der Waals surface area contributed by atoms with Crippen LogP contribution in [0.1, 0.15) is 49.9 Å². The van der Waals surface area contributed by atoms with Gasteiger partial charge in [-0.25, -0.2) is 0 Å². The Morgan fingerprint density at radius 2 is 0.443 bits per heavy atom. The fourth-order valence-corrected chi connectivity index (χ4v) is 16.1. The van der Waals surface area contributed by atoms with Crippen molar-refractivity contribution < 1.29 is 0 Å². The van der Waals surface area contributed by atoms with Gasteiger partial charge in [0.1, 0.15) is 0 Å². The summed E-state index contributed by atoms with van der Waals surface area (Å²) < 4.78 is 0. The molecule has 0 saturated carbocycles. The van der Waals surface area contributed by atoms with E-state index < -0.39 is 0 Å². The van der Waals surface area contributed by atoms with Gasteiger partial charge in [0.25, 0.3) is 0 Å². The summed E-state index contributed by atoms with van der Waals surface area (Å²) in [5, 5.41) is 18.0. The molecule has 0 unspecified atom stereocenters. The molecule has 0 aromatic heterocycles. The minimum absolute atomic E-state index is 0.238. The lowest BCUT2D eigenvalue weighted by molar-refractivity contribution is 0.633. The van der Waals surface area contributed by atoms with Crippen LogP contribution in [0.25, 0.3) is 164 Å². The van der Waals surface area contributed by atoms with Gasteiger partial charge in [-0.1, -0.05) is 295 Å². The monoisotopic (exact) mass is 1120 g/mol. The largest absolute Gasteiger partial charge is 0.0616 e. The number of hydrogen-bond acceptors (Lipinski definition) is 0. The standard InChI is InChI=1S/C88H60/c1-87(2)77-47-48-78-86-76(66-44-42-62(52-80(66)88(78,3)4)56-31-37-58(38-32-56)82-69-23-11-15-27-73(69)84(74-28-16-12-24-70(74)82)64-40-34-54-18-6-8-20-60(54)50-64)46-45-75(85(77)86)65-43-41-61(51-79(65)87)55-29-35-57(36-30-55)81-67-21-9-13-25-71(67)83(72-26-14-10-22-68(72)81)63-39-33-53-17-5-7-19-59(53)49-63/h5-52H,1-4H3. The maximum Gasteiger partial charge on any atom is 0.0159 e. The molecule has 16 aromatic rings. The van der Waals surface area contributed by atoms with Crippen molar-refractivity contribution in [3.63, 3.8) is 0 Å². The highest BCUT2D eigenvalue weighted by Gasteiger charge is 2.40. The Kier molecular flexibility index (Phi) is 10.9. The molecule has 2 aliphatic carbocycles. The van der Waals surface area contributed by atoms with E-state index in [1.54, 1.807) is 0 Å². The summed E-state index contributed by atoms with van der Waals surface area (Å²) in [7, 11) is 0. The van der Waals surface area contributed by atoms with Gasteiger partial charge >= 0.3 is 0 Å². The quantitative estimate of drug-likeness (QED) is 0.146. The average molecular weight is 1120 g/mol. The second-order valence-electron chi connectivity index (χ2n) is 25.8. The third-order valence-corrected chi connectivity index (χ3v) is 20.4. The molecule has 0 spiro atoms. The van der Waals surface area contributed by atoms with Crippen LogP contribution in [0.3, 0.4) is 0 Å². The highest BCUT2D eigenvalue weighted by atomic mass is 14.4. The van der Waals surface area contributed by atoms with Gasteiger partial charge in [-0.15, -0.1) is 0 Å². The van der Waals surface area contributed by atoms with Crippen LogP contribution < -0.4 is 0 Å². The highest BCUT2D eigenvalue weighted by Crippen LogP contribution is 2.57. The van der Waals surface area contributed by atoms with Crippen LogP contribution in [-0.2, 0) is 10.8 Å². The van der Waals surface area contributed by atoms with Crippen LogP contribution in [0, 0.1) is 0 Å². The van der Waals surface area contributed by atoms with Crippen molar-refractivity contribution in [3.8, 4) is 89.0 Å². The van der Waals surface area contributed by atoms with Gasteiger partial charge in [0.05, 0.1) is 0 Å². The molecule has 0 radical (unpaired) electrons. The highest BCUT2D eigenvalue weighted by molar-refractivity contribution is 6.23. The molecule has 0 aliphatic heterocycles. The van der Waals surface area contributed by atoms with Gasteiger partial charge < -0.3 is 0 Å². The first-order chi connectivity index (χ1) is 43.2.